The molecule has 3 rings (SSSR count). The van der Waals surface area contributed by atoms with Gasteiger partial charge in [0, 0.05) is 12.3 Å². The van der Waals surface area contributed by atoms with Crippen LogP contribution in [0.5, 0.6) is 0 Å². The van der Waals surface area contributed by atoms with E-state index in [2.05, 4.69) is 10.1 Å². The molecule has 0 aliphatic heterocycles. The van der Waals surface area contributed by atoms with Crippen LogP contribution >= 0.6 is 0 Å². The van der Waals surface area contributed by atoms with Gasteiger partial charge in [-0.2, -0.15) is 4.98 Å². The zero-order chi connectivity index (χ0) is 13.8. The zero-order valence-corrected chi connectivity index (χ0v) is 12.4. The summed E-state index contributed by atoms with van der Waals surface area (Å²) in [4.78, 5) is 4.69. The molecule has 2 fully saturated rings. The number of aromatic nitrogens is 2. The molecule has 1 heterocycles. The van der Waals surface area contributed by atoms with Crippen LogP contribution in [-0.4, -0.2) is 16.7 Å². The predicted molar refractivity (Wildman–Crippen MR) is 78.4 cm³/mol. The summed E-state index contributed by atoms with van der Waals surface area (Å²) in [5.74, 6) is 2.29. The topological polar surface area (TPSA) is 64.9 Å². The van der Waals surface area contributed by atoms with Crippen LogP contribution < -0.4 is 5.73 Å². The molecule has 1 aromatic heterocycles. The minimum absolute atomic E-state index is 0.217. The van der Waals surface area contributed by atoms with Crippen molar-refractivity contribution in [2.45, 2.75) is 76.5 Å². The summed E-state index contributed by atoms with van der Waals surface area (Å²) in [6.07, 6.45) is 13.7. The highest BCUT2D eigenvalue weighted by Gasteiger charge is 2.33. The van der Waals surface area contributed by atoms with E-state index in [1.54, 1.807) is 0 Å². The second kappa shape index (κ2) is 6.25. The Morgan fingerprint density at radius 2 is 1.75 bits per heavy atom. The molecule has 2 aliphatic carbocycles. The highest BCUT2D eigenvalue weighted by atomic mass is 16.5. The lowest BCUT2D eigenvalue weighted by Crippen LogP contribution is -2.35. The summed E-state index contributed by atoms with van der Waals surface area (Å²) in [5.41, 5.74) is 6.26. The van der Waals surface area contributed by atoms with Crippen molar-refractivity contribution in [3.63, 3.8) is 0 Å². The molecule has 0 radical (unpaired) electrons. The number of hydrogen-bond donors (Lipinski definition) is 1. The molecule has 0 aromatic carbocycles. The Bertz CT molecular complexity index is 417. The molecule has 0 spiro atoms. The second-order valence-electron chi connectivity index (χ2n) is 6.82. The predicted octanol–water partition coefficient (Wildman–Crippen LogP) is 3.57. The fourth-order valence-electron chi connectivity index (χ4n) is 3.94. The molecule has 2 saturated carbocycles. The number of nitrogens with two attached hydrogens (primary N) is 1. The fraction of sp³-hybridized carbons (Fsp3) is 0.875. The second-order valence-corrected chi connectivity index (χ2v) is 6.82. The van der Waals surface area contributed by atoms with Crippen LogP contribution in [0.2, 0.25) is 0 Å². The van der Waals surface area contributed by atoms with Gasteiger partial charge < -0.3 is 10.3 Å². The molecule has 0 unspecified atom stereocenters. The summed E-state index contributed by atoms with van der Waals surface area (Å²) < 4.78 is 5.53. The van der Waals surface area contributed by atoms with Crippen LogP contribution in [0.3, 0.4) is 0 Å². The van der Waals surface area contributed by atoms with Gasteiger partial charge in [0.15, 0.2) is 5.82 Å². The third-order valence-electron chi connectivity index (χ3n) is 5.33. The van der Waals surface area contributed by atoms with E-state index in [1.807, 2.05) is 0 Å². The highest BCUT2D eigenvalue weighted by Crippen LogP contribution is 2.38. The van der Waals surface area contributed by atoms with Crippen molar-refractivity contribution in [3.05, 3.63) is 11.7 Å². The molecule has 112 valence electrons. The molecule has 0 amide bonds. The van der Waals surface area contributed by atoms with Crippen molar-refractivity contribution in [1.82, 2.24) is 10.1 Å². The number of rotatable bonds is 4. The molecule has 2 N–H and O–H groups in total. The SMILES string of the molecule is NCC1(Cc2nc(C3CCCCC3)no2)CCCCC1. The Morgan fingerprint density at radius 3 is 2.45 bits per heavy atom. The first-order valence-electron chi connectivity index (χ1n) is 8.34. The lowest BCUT2D eigenvalue weighted by Gasteiger charge is -2.34. The minimum atomic E-state index is 0.217. The van der Waals surface area contributed by atoms with E-state index < -0.39 is 0 Å². The maximum absolute atomic E-state index is 6.05. The van der Waals surface area contributed by atoms with Crippen molar-refractivity contribution < 1.29 is 4.52 Å². The maximum atomic E-state index is 6.05. The van der Waals surface area contributed by atoms with Gasteiger partial charge in [0.2, 0.25) is 5.89 Å². The number of hydrogen-bond acceptors (Lipinski definition) is 4. The van der Waals surface area contributed by atoms with Gasteiger partial charge in [-0.25, -0.2) is 0 Å². The van der Waals surface area contributed by atoms with Crippen molar-refractivity contribution in [1.29, 1.82) is 0 Å². The van der Waals surface area contributed by atoms with Gasteiger partial charge in [-0.05, 0) is 37.6 Å². The van der Waals surface area contributed by atoms with E-state index in [9.17, 15) is 0 Å². The van der Waals surface area contributed by atoms with E-state index in [4.69, 9.17) is 10.3 Å². The molecule has 0 saturated heterocycles. The van der Waals surface area contributed by atoms with Gasteiger partial charge in [-0.3, -0.25) is 0 Å². The Morgan fingerprint density at radius 1 is 1.05 bits per heavy atom. The van der Waals surface area contributed by atoms with Crippen LogP contribution in [-0.2, 0) is 6.42 Å². The fourth-order valence-corrected chi connectivity index (χ4v) is 3.94. The van der Waals surface area contributed by atoms with Crippen LogP contribution in [0.15, 0.2) is 4.52 Å². The molecule has 4 nitrogen and oxygen atoms in total. The van der Waals surface area contributed by atoms with Crippen LogP contribution in [0, 0.1) is 5.41 Å². The molecule has 1 aromatic rings. The molecule has 2 aliphatic rings. The lowest BCUT2D eigenvalue weighted by atomic mass is 9.72. The van der Waals surface area contributed by atoms with Gasteiger partial charge in [-0.1, -0.05) is 43.7 Å². The summed E-state index contributed by atoms with van der Waals surface area (Å²) in [6.45, 7) is 0.744. The van der Waals surface area contributed by atoms with Crippen molar-refractivity contribution in [2.75, 3.05) is 6.54 Å². The highest BCUT2D eigenvalue weighted by molar-refractivity contribution is 5.00. The van der Waals surface area contributed by atoms with Gasteiger partial charge in [0.1, 0.15) is 0 Å². The zero-order valence-electron chi connectivity index (χ0n) is 12.4. The van der Waals surface area contributed by atoms with Gasteiger partial charge in [0.25, 0.3) is 0 Å². The standard InChI is InChI=1S/C16H27N3O/c17-12-16(9-5-2-6-10-16)11-14-18-15(19-20-14)13-7-3-1-4-8-13/h13H,1-12,17H2. The van der Waals surface area contributed by atoms with Gasteiger partial charge in [0.05, 0.1) is 0 Å². The largest absolute Gasteiger partial charge is 0.339 e. The van der Waals surface area contributed by atoms with Crippen LogP contribution in [0.1, 0.15) is 81.8 Å². The average molecular weight is 277 g/mol. The molecule has 0 atom stereocenters. The third-order valence-corrected chi connectivity index (χ3v) is 5.33. The summed E-state index contributed by atoms with van der Waals surface area (Å²) in [6, 6.07) is 0. The Hall–Kier alpha value is -0.900. The quantitative estimate of drug-likeness (QED) is 0.913. The number of nitrogens with zero attached hydrogens (tertiary/aromatic N) is 2. The Kier molecular flexibility index (Phi) is 4.39. The van der Waals surface area contributed by atoms with E-state index >= 15 is 0 Å². The first-order chi connectivity index (χ1) is 9.81. The Labute approximate surface area is 121 Å². The molecule has 20 heavy (non-hydrogen) atoms. The minimum Gasteiger partial charge on any atom is -0.339 e. The summed E-state index contributed by atoms with van der Waals surface area (Å²) >= 11 is 0. The van der Waals surface area contributed by atoms with Gasteiger partial charge in [-0.15, -0.1) is 0 Å². The van der Waals surface area contributed by atoms with E-state index in [0.29, 0.717) is 5.92 Å². The molecular weight excluding hydrogens is 250 g/mol. The smallest absolute Gasteiger partial charge is 0.227 e. The average Bonchev–Trinajstić information content (AvgIpc) is 2.97. The van der Waals surface area contributed by atoms with Gasteiger partial charge >= 0.3 is 0 Å². The van der Waals surface area contributed by atoms with Crippen molar-refractivity contribution in [2.24, 2.45) is 11.1 Å². The molecular formula is C16H27N3O. The first kappa shape index (κ1) is 14.1. The van der Waals surface area contributed by atoms with E-state index in [-0.39, 0.29) is 5.41 Å². The Balaban J connectivity index is 1.66. The monoisotopic (exact) mass is 277 g/mol. The lowest BCUT2D eigenvalue weighted by molar-refractivity contribution is 0.177. The molecule has 0 bridgehead atoms. The van der Waals surface area contributed by atoms with E-state index in [1.165, 1.54) is 64.2 Å². The molecule has 4 heteroatoms. The van der Waals surface area contributed by atoms with Crippen molar-refractivity contribution >= 4 is 0 Å². The van der Waals surface area contributed by atoms with E-state index in [0.717, 1.165) is 24.7 Å². The van der Waals surface area contributed by atoms with Crippen molar-refractivity contribution in [3.8, 4) is 0 Å². The third kappa shape index (κ3) is 3.05. The van der Waals surface area contributed by atoms with Crippen LogP contribution in [0.4, 0.5) is 0 Å². The summed E-state index contributed by atoms with van der Waals surface area (Å²) in [5, 5.41) is 4.24. The maximum Gasteiger partial charge on any atom is 0.227 e. The summed E-state index contributed by atoms with van der Waals surface area (Å²) in [7, 11) is 0. The van der Waals surface area contributed by atoms with Crippen LogP contribution in [0.25, 0.3) is 0 Å². The normalized spacial score (nSPS) is 23.9. The first-order valence-corrected chi connectivity index (χ1v) is 8.34.